The number of ether oxygens (including phenoxy) is 9. The molecule has 372 valence electrons. The molecule has 7 aliphatic rings. The predicted octanol–water partition coefficient (Wildman–Crippen LogP) is -8.52. The molecule has 7 fully saturated rings. The monoisotopic (exact) mass is 934 g/mol. The van der Waals surface area contributed by atoms with Gasteiger partial charge in [0.15, 0.2) is 25.2 Å². The van der Waals surface area contributed by atoms with Crippen LogP contribution in [-0.2, 0) is 42.6 Å². The van der Waals surface area contributed by atoms with E-state index in [2.05, 4.69) is 0 Å². The molecule has 0 bridgehead atoms. The Kier molecular flexibility index (Phi) is 17.0. The van der Waals surface area contributed by atoms with Gasteiger partial charge in [0.25, 0.3) is 0 Å². The zero-order chi connectivity index (χ0) is 46.5. The maximum atomic E-state index is 11.3. The Balaban J connectivity index is 1.12. The minimum Gasteiger partial charge on any atom is -0.394 e. The van der Waals surface area contributed by atoms with E-state index in [4.69, 9.17) is 42.6 Å². The maximum absolute atomic E-state index is 11.3. The standard InChI is InChI=1S/C39H66O25/c1-11-23(44)27(48)31(52)36(57-11)56-10-22-26(47)30(51)34(55)39(64-22)61-19-7-14-16(5-13(42)6-17(14)59-37-32(53)28(49)24(45)20(8-40)62-37)58-35(19)12-2-3-15(43)18(4-12)60-38-33(54)29(50)25(46)21(9-41)63-38/h11-55H,2-10H2,1H3/t11-,12?,13?,14?,15?,16?,17?,18?,19?,20+,21+,22+,23-,24+,25+,26+,27+,28-,29-,30-,31+,32+,33+,34+,35?,36+,37+,38+,39-/m0/s1. The van der Waals surface area contributed by atoms with Gasteiger partial charge in [-0.05, 0) is 44.9 Å². The fourth-order valence-corrected chi connectivity index (χ4v) is 10.1. The summed E-state index contributed by atoms with van der Waals surface area (Å²) >= 11 is 0. The van der Waals surface area contributed by atoms with Gasteiger partial charge in [0.1, 0.15) is 91.6 Å². The summed E-state index contributed by atoms with van der Waals surface area (Å²) in [6.07, 6.45) is -38.7. The van der Waals surface area contributed by atoms with Crippen molar-refractivity contribution in [2.45, 2.75) is 211 Å². The highest BCUT2D eigenvalue weighted by Gasteiger charge is 2.55. The summed E-state index contributed by atoms with van der Waals surface area (Å²) in [5.74, 6) is -1.26. The van der Waals surface area contributed by atoms with Crippen molar-refractivity contribution in [1.29, 1.82) is 0 Å². The van der Waals surface area contributed by atoms with Gasteiger partial charge < -0.3 is 124 Å². The molecule has 0 aromatic carbocycles. The van der Waals surface area contributed by atoms with Crippen LogP contribution in [0.2, 0.25) is 0 Å². The van der Waals surface area contributed by atoms with Crippen LogP contribution in [0.25, 0.3) is 0 Å². The molecule has 2 aliphatic carbocycles. The molecule has 16 N–H and O–H groups in total. The largest absolute Gasteiger partial charge is 0.394 e. The molecule has 29 atom stereocenters. The van der Waals surface area contributed by atoms with Crippen molar-refractivity contribution < 1.29 is 124 Å². The van der Waals surface area contributed by atoms with E-state index in [1.54, 1.807) is 0 Å². The quantitative estimate of drug-likeness (QED) is 0.0864. The van der Waals surface area contributed by atoms with Gasteiger partial charge in [-0.2, -0.15) is 0 Å². The van der Waals surface area contributed by atoms with Gasteiger partial charge in [-0.1, -0.05) is 0 Å². The Bertz CT molecular complexity index is 1470. The number of hydrogen-bond acceptors (Lipinski definition) is 25. The normalized spacial score (nSPS) is 55.2. The number of hydrogen-bond donors (Lipinski definition) is 16. The highest BCUT2D eigenvalue weighted by Crippen LogP contribution is 2.45. The first-order valence-corrected chi connectivity index (χ1v) is 21.9. The van der Waals surface area contributed by atoms with Crippen molar-refractivity contribution in [3.8, 4) is 0 Å². The Morgan fingerprint density at radius 1 is 0.438 bits per heavy atom. The molecular formula is C39H66O25. The molecule has 0 amide bonds. The third-order valence-electron chi connectivity index (χ3n) is 14.0. The second-order valence-electron chi connectivity index (χ2n) is 18.3. The third kappa shape index (κ3) is 10.4. The smallest absolute Gasteiger partial charge is 0.187 e. The topological polar surface area (TPSA) is 407 Å². The van der Waals surface area contributed by atoms with Crippen LogP contribution in [0.4, 0.5) is 0 Å². The zero-order valence-corrected chi connectivity index (χ0v) is 34.9. The SMILES string of the molecule is C[C@@H]1O[C@@H](OC[C@H]2O[C@H](OC3CC4C(CC(O)CC4O[C@@H]4O[C@H](CO)[C@@H](O)[C@H](O)[C@H]4O)OC3C3CCC(O)C(O[C@@H]4O[C@H](CO)[C@@H](O)[C@H](O)[C@H]4O)C3)[C@H](O)[C@@H](O)[C@@H]2O)[C@H](O)[C@H](O)[C@H]1O. The van der Waals surface area contributed by atoms with E-state index in [1.807, 2.05) is 0 Å². The van der Waals surface area contributed by atoms with E-state index < -0.39 is 197 Å². The van der Waals surface area contributed by atoms with E-state index in [-0.39, 0.29) is 38.5 Å². The summed E-state index contributed by atoms with van der Waals surface area (Å²) < 4.78 is 53.6. The lowest BCUT2D eigenvalue weighted by Gasteiger charge is -2.53. The Labute approximate surface area is 366 Å². The summed E-state index contributed by atoms with van der Waals surface area (Å²) in [4.78, 5) is 0. The molecule has 25 heteroatoms. The molecule has 64 heavy (non-hydrogen) atoms. The van der Waals surface area contributed by atoms with Gasteiger partial charge in [-0.25, -0.2) is 0 Å². The van der Waals surface area contributed by atoms with Crippen molar-refractivity contribution in [3.05, 3.63) is 0 Å². The Hall–Kier alpha value is -1.00. The fraction of sp³-hybridized carbons (Fsp3) is 1.00. The van der Waals surface area contributed by atoms with Crippen molar-refractivity contribution in [1.82, 2.24) is 0 Å². The lowest BCUT2D eigenvalue weighted by atomic mass is 9.72. The molecular weight excluding hydrogens is 868 g/mol. The van der Waals surface area contributed by atoms with Gasteiger partial charge in [-0.15, -0.1) is 0 Å². The van der Waals surface area contributed by atoms with E-state index in [0.29, 0.717) is 0 Å². The number of aliphatic hydroxyl groups is 16. The first-order chi connectivity index (χ1) is 30.3. The molecule has 0 spiro atoms. The van der Waals surface area contributed by atoms with Gasteiger partial charge in [0.05, 0.1) is 68.7 Å². The second-order valence-corrected chi connectivity index (χ2v) is 18.3. The molecule has 5 heterocycles. The highest BCUT2D eigenvalue weighted by molar-refractivity contribution is 5.01. The van der Waals surface area contributed by atoms with E-state index >= 15 is 0 Å². The molecule has 0 aromatic rings. The molecule has 9 unspecified atom stereocenters. The van der Waals surface area contributed by atoms with Crippen LogP contribution in [0.5, 0.6) is 0 Å². The second kappa shape index (κ2) is 21.3. The Morgan fingerprint density at radius 2 is 0.922 bits per heavy atom. The molecule has 5 saturated heterocycles. The van der Waals surface area contributed by atoms with Crippen LogP contribution in [0.1, 0.15) is 45.4 Å². The Morgan fingerprint density at radius 3 is 1.48 bits per heavy atom. The number of aliphatic hydroxyl groups excluding tert-OH is 16. The predicted molar refractivity (Wildman–Crippen MR) is 202 cm³/mol. The lowest BCUT2D eigenvalue weighted by Crippen LogP contribution is -2.64. The van der Waals surface area contributed by atoms with Crippen LogP contribution in [0.15, 0.2) is 0 Å². The average molecular weight is 935 g/mol. The van der Waals surface area contributed by atoms with Crippen LogP contribution in [-0.4, -0.2) is 267 Å². The molecule has 25 nitrogen and oxygen atoms in total. The molecule has 7 rings (SSSR count). The van der Waals surface area contributed by atoms with Crippen molar-refractivity contribution in [3.63, 3.8) is 0 Å². The van der Waals surface area contributed by atoms with Gasteiger partial charge in [0, 0.05) is 12.3 Å². The lowest BCUT2D eigenvalue weighted by molar-refractivity contribution is -0.352. The van der Waals surface area contributed by atoms with Gasteiger partial charge in [0.2, 0.25) is 0 Å². The molecule has 0 radical (unpaired) electrons. The van der Waals surface area contributed by atoms with E-state index in [0.717, 1.165) is 0 Å². The first-order valence-electron chi connectivity index (χ1n) is 21.9. The summed E-state index contributed by atoms with van der Waals surface area (Å²) in [7, 11) is 0. The summed E-state index contributed by atoms with van der Waals surface area (Å²) in [6, 6.07) is 0. The number of fused-ring (bicyclic) bond motifs is 1. The zero-order valence-electron chi connectivity index (χ0n) is 34.9. The minimum atomic E-state index is -1.89. The highest BCUT2D eigenvalue weighted by atomic mass is 16.7. The van der Waals surface area contributed by atoms with E-state index in [9.17, 15) is 81.7 Å². The summed E-state index contributed by atoms with van der Waals surface area (Å²) in [6.45, 7) is -0.595. The first kappa shape index (κ1) is 50.9. The van der Waals surface area contributed by atoms with Crippen LogP contribution in [0.3, 0.4) is 0 Å². The molecule has 0 aromatic heterocycles. The third-order valence-corrected chi connectivity index (χ3v) is 14.0. The van der Waals surface area contributed by atoms with Crippen molar-refractivity contribution >= 4 is 0 Å². The van der Waals surface area contributed by atoms with Crippen molar-refractivity contribution in [2.75, 3.05) is 19.8 Å². The minimum absolute atomic E-state index is 0.0000193. The van der Waals surface area contributed by atoms with Crippen molar-refractivity contribution in [2.24, 2.45) is 11.8 Å². The van der Waals surface area contributed by atoms with E-state index in [1.165, 1.54) is 6.92 Å². The fourth-order valence-electron chi connectivity index (χ4n) is 10.1. The summed E-state index contributed by atoms with van der Waals surface area (Å²) in [5.41, 5.74) is 0. The van der Waals surface area contributed by atoms with Crippen LogP contribution >= 0.6 is 0 Å². The van der Waals surface area contributed by atoms with Gasteiger partial charge >= 0.3 is 0 Å². The molecule has 5 aliphatic heterocycles. The van der Waals surface area contributed by atoms with Crippen LogP contribution in [0, 0.1) is 11.8 Å². The number of rotatable bonds is 12. The molecule has 2 saturated carbocycles. The van der Waals surface area contributed by atoms with Crippen LogP contribution < -0.4 is 0 Å². The van der Waals surface area contributed by atoms with Gasteiger partial charge in [-0.3, -0.25) is 0 Å². The summed E-state index contributed by atoms with van der Waals surface area (Å²) in [5, 5.41) is 169. The maximum Gasteiger partial charge on any atom is 0.187 e. The average Bonchev–Trinajstić information content (AvgIpc) is 3.27.